The molecule has 1 fully saturated rings. The number of primary sulfonamides is 1. The maximum absolute atomic E-state index is 13.7. The van der Waals surface area contributed by atoms with E-state index in [0.717, 1.165) is 14.8 Å². The lowest BCUT2D eigenvalue weighted by Crippen LogP contribution is -2.46. The average molecular weight is 528 g/mol. The largest absolute Gasteiger partial charge is 0.274 e. The molecular weight excluding hydrogens is 502 g/mol. The van der Waals surface area contributed by atoms with Crippen LogP contribution in [-0.4, -0.2) is 45.5 Å². The molecule has 2 N–H and O–H groups in total. The van der Waals surface area contributed by atoms with E-state index in [2.05, 4.69) is 0 Å². The van der Waals surface area contributed by atoms with Gasteiger partial charge in [0, 0.05) is 6.54 Å². The quantitative estimate of drug-likeness (QED) is 0.446. The van der Waals surface area contributed by atoms with Gasteiger partial charge in [0.15, 0.2) is 0 Å². The van der Waals surface area contributed by atoms with E-state index in [1.54, 1.807) is 42.5 Å². The van der Waals surface area contributed by atoms with Crippen molar-refractivity contribution < 1.29 is 26.4 Å². The average Bonchev–Trinajstić information content (AvgIpc) is 3.13. The van der Waals surface area contributed by atoms with Crippen molar-refractivity contribution >= 4 is 37.5 Å². The number of nitrogens with zero attached hydrogens (tertiary/aromatic N) is 2. The summed E-state index contributed by atoms with van der Waals surface area (Å²) in [7, 11) is -8.01. The van der Waals surface area contributed by atoms with E-state index in [1.165, 1.54) is 36.4 Å². The Morgan fingerprint density at radius 3 is 2.03 bits per heavy atom. The van der Waals surface area contributed by atoms with Crippen molar-refractivity contribution in [3.63, 3.8) is 0 Å². The van der Waals surface area contributed by atoms with Gasteiger partial charge in [0.1, 0.15) is 6.04 Å². The lowest BCUT2D eigenvalue weighted by Gasteiger charge is -2.27. The third-order valence-electron chi connectivity index (χ3n) is 5.99. The highest BCUT2D eigenvalue weighted by Gasteiger charge is 2.46. The lowest BCUT2D eigenvalue weighted by atomic mass is 10.1. The number of imide groups is 1. The van der Waals surface area contributed by atoms with Crippen LogP contribution in [0.3, 0.4) is 0 Å². The summed E-state index contributed by atoms with van der Waals surface area (Å²) in [5, 5.41) is 5.14. The standard InChI is InChI=1S/C25H25N3O6S2/c1-18-7-11-22(12-8-18)36(33,34)27(16-15-19-9-13-21(14-10-19)35(26,31)32)23-17-24(29)28(25(23)30)20-5-3-2-4-6-20/h2-14,23H,15-17H2,1H3,(H2,26,31,32). The van der Waals surface area contributed by atoms with Crippen LogP contribution in [0.5, 0.6) is 0 Å². The summed E-state index contributed by atoms with van der Waals surface area (Å²) in [5.41, 5.74) is 1.89. The summed E-state index contributed by atoms with van der Waals surface area (Å²) in [5.74, 6) is -1.11. The van der Waals surface area contributed by atoms with Gasteiger partial charge in [0.25, 0.3) is 5.91 Å². The van der Waals surface area contributed by atoms with Crippen molar-refractivity contribution in [3.05, 3.63) is 90.0 Å². The van der Waals surface area contributed by atoms with Crippen LogP contribution in [-0.2, 0) is 36.1 Å². The van der Waals surface area contributed by atoms with E-state index >= 15 is 0 Å². The first-order valence-corrected chi connectivity index (χ1v) is 14.1. The summed E-state index contributed by atoms with van der Waals surface area (Å²) < 4.78 is 51.5. The predicted octanol–water partition coefficient (Wildman–Crippen LogP) is 2.21. The van der Waals surface area contributed by atoms with Crippen LogP contribution in [0.15, 0.2) is 88.7 Å². The molecule has 9 nitrogen and oxygen atoms in total. The molecule has 0 aliphatic carbocycles. The Balaban J connectivity index is 1.67. The molecule has 3 aromatic rings. The summed E-state index contributed by atoms with van der Waals surface area (Å²) in [6, 6.07) is 19.2. The molecule has 0 aromatic heterocycles. The van der Waals surface area contributed by atoms with Crippen LogP contribution in [0.2, 0.25) is 0 Å². The first kappa shape index (κ1) is 25.7. The van der Waals surface area contributed by atoms with Crippen molar-refractivity contribution in [3.8, 4) is 0 Å². The molecule has 0 radical (unpaired) electrons. The summed E-state index contributed by atoms with van der Waals surface area (Å²) in [4.78, 5) is 27.2. The Hall–Kier alpha value is -3.38. The minimum atomic E-state index is -4.15. The van der Waals surface area contributed by atoms with Gasteiger partial charge in [-0.3, -0.25) is 9.59 Å². The van der Waals surface area contributed by atoms with Crippen molar-refractivity contribution in [1.82, 2.24) is 4.31 Å². The van der Waals surface area contributed by atoms with E-state index in [9.17, 15) is 26.4 Å². The highest BCUT2D eigenvalue weighted by Crippen LogP contribution is 2.29. The molecule has 0 saturated carbocycles. The highest BCUT2D eigenvalue weighted by molar-refractivity contribution is 7.89. The molecule has 1 heterocycles. The Morgan fingerprint density at radius 1 is 0.861 bits per heavy atom. The summed E-state index contributed by atoms with van der Waals surface area (Å²) in [6.07, 6.45) is -0.109. The normalized spacial score (nSPS) is 16.6. The van der Waals surface area contributed by atoms with Crippen molar-refractivity contribution in [2.24, 2.45) is 5.14 Å². The number of aryl methyl sites for hydroxylation is 1. The number of amides is 2. The monoisotopic (exact) mass is 527 g/mol. The van der Waals surface area contributed by atoms with Gasteiger partial charge >= 0.3 is 0 Å². The molecule has 2 amide bonds. The zero-order valence-electron chi connectivity index (χ0n) is 19.4. The van der Waals surface area contributed by atoms with Crippen LogP contribution < -0.4 is 10.0 Å². The van der Waals surface area contributed by atoms with E-state index in [0.29, 0.717) is 11.3 Å². The number of rotatable bonds is 8. The van der Waals surface area contributed by atoms with Gasteiger partial charge < -0.3 is 0 Å². The second-order valence-electron chi connectivity index (χ2n) is 8.49. The predicted molar refractivity (Wildman–Crippen MR) is 134 cm³/mol. The fourth-order valence-corrected chi connectivity index (χ4v) is 6.16. The Labute approximate surface area is 210 Å². The van der Waals surface area contributed by atoms with Gasteiger partial charge in [0.2, 0.25) is 26.0 Å². The number of para-hydroxylation sites is 1. The number of anilines is 1. The molecule has 1 unspecified atom stereocenters. The fourth-order valence-electron chi connectivity index (χ4n) is 4.06. The molecule has 1 atom stereocenters. The molecule has 0 bridgehead atoms. The van der Waals surface area contributed by atoms with Crippen LogP contribution in [0.25, 0.3) is 0 Å². The highest BCUT2D eigenvalue weighted by atomic mass is 32.2. The second kappa shape index (κ2) is 9.94. The van der Waals surface area contributed by atoms with Crippen LogP contribution in [0.4, 0.5) is 5.69 Å². The Bertz CT molecular complexity index is 1490. The number of carbonyl (C=O) groups is 2. The molecule has 11 heteroatoms. The van der Waals surface area contributed by atoms with Crippen LogP contribution in [0, 0.1) is 6.92 Å². The number of nitrogens with two attached hydrogens (primary N) is 1. The molecule has 0 spiro atoms. The van der Waals surface area contributed by atoms with E-state index < -0.39 is 37.9 Å². The third-order valence-corrected chi connectivity index (χ3v) is 8.84. The maximum atomic E-state index is 13.7. The van der Waals surface area contributed by atoms with E-state index in [1.807, 2.05) is 6.92 Å². The first-order chi connectivity index (χ1) is 17.0. The van der Waals surface area contributed by atoms with Gasteiger partial charge in [0.05, 0.1) is 21.9 Å². The second-order valence-corrected chi connectivity index (χ2v) is 11.9. The van der Waals surface area contributed by atoms with Gasteiger partial charge in [-0.1, -0.05) is 48.0 Å². The summed E-state index contributed by atoms with van der Waals surface area (Å²) >= 11 is 0. The maximum Gasteiger partial charge on any atom is 0.252 e. The molecule has 4 rings (SSSR count). The zero-order chi connectivity index (χ0) is 26.1. The van der Waals surface area contributed by atoms with Gasteiger partial charge in [-0.15, -0.1) is 0 Å². The number of benzene rings is 3. The molecule has 3 aromatic carbocycles. The SMILES string of the molecule is Cc1ccc(S(=O)(=O)N(CCc2ccc(S(N)(=O)=O)cc2)C2CC(=O)N(c3ccccc3)C2=O)cc1. The molecule has 36 heavy (non-hydrogen) atoms. The van der Waals surface area contributed by atoms with Crippen molar-refractivity contribution in [2.45, 2.75) is 35.6 Å². The summed E-state index contributed by atoms with van der Waals surface area (Å²) in [6.45, 7) is 1.73. The smallest absolute Gasteiger partial charge is 0.252 e. The molecule has 1 aliphatic rings. The van der Waals surface area contributed by atoms with E-state index in [4.69, 9.17) is 5.14 Å². The van der Waals surface area contributed by atoms with Crippen molar-refractivity contribution in [1.29, 1.82) is 0 Å². The topological polar surface area (TPSA) is 135 Å². The minimum absolute atomic E-state index is 0.0103. The number of hydrogen-bond acceptors (Lipinski definition) is 6. The Morgan fingerprint density at radius 2 is 1.44 bits per heavy atom. The Kier molecular flexibility index (Phi) is 7.10. The first-order valence-electron chi connectivity index (χ1n) is 11.1. The third kappa shape index (κ3) is 5.24. The fraction of sp³-hybridized carbons (Fsp3) is 0.200. The molecule has 188 valence electrons. The minimum Gasteiger partial charge on any atom is -0.274 e. The zero-order valence-corrected chi connectivity index (χ0v) is 21.1. The van der Waals surface area contributed by atoms with E-state index in [-0.39, 0.29) is 29.2 Å². The number of hydrogen-bond donors (Lipinski definition) is 1. The lowest BCUT2D eigenvalue weighted by molar-refractivity contribution is -0.122. The number of sulfonamides is 2. The van der Waals surface area contributed by atoms with Gasteiger partial charge in [-0.2, -0.15) is 4.31 Å². The molecule has 1 saturated heterocycles. The molecule has 1 aliphatic heterocycles. The van der Waals surface area contributed by atoms with Gasteiger partial charge in [-0.25, -0.2) is 26.9 Å². The van der Waals surface area contributed by atoms with Crippen LogP contribution >= 0.6 is 0 Å². The van der Waals surface area contributed by atoms with Gasteiger partial charge in [-0.05, 0) is 55.3 Å². The van der Waals surface area contributed by atoms with Crippen molar-refractivity contribution in [2.75, 3.05) is 11.4 Å². The molecular formula is C25H25N3O6S2. The number of carbonyl (C=O) groups excluding carboxylic acids is 2. The van der Waals surface area contributed by atoms with Crippen LogP contribution in [0.1, 0.15) is 17.5 Å².